The van der Waals surface area contributed by atoms with E-state index in [9.17, 15) is 48.9 Å². The van der Waals surface area contributed by atoms with Gasteiger partial charge in [0.25, 0.3) is 11.1 Å². The Hall–Kier alpha value is -8.06. The molecule has 2 aromatic carbocycles. The standard InChI is InChI=1S/C51H49N7O15S2/c1-26(59)25-72-33(23-55-43-35(27(2)37(74-43)39-52-16-18-70-39)41(61)57(47(55)67)50(4,5)45(63)64)31-14-12-29(13-15-31)20-51(6,46(65)66)58-42(62)36-28(3)38(40-53-17-19-71-40)75-44(36)56(48(58)68)24-34(30-10-8-7-9-11-30)73-49(69)54-21-32(60)22-54/h7-19,32-34,60H,20-25H2,1-6H3,(H,63,64)(H,65,66)/t33-,34-,51?/m0/s1. The van der Waals surface area contributed by atoms with Crippen molar-refractivity contribution in [3.8, 4) is 21.5 Å². The first-order valence-electron chi connectivity index (χ1n) is 23.4. The summed E-state index contributed by atoms with van der Waals surface area (Å²) in [4.78, 5) is 122. The Labute approximate surface area is 431 Å². The lowest BCUT2D eigenvalue weighted by molar-refractivity contribution is -0.147. The predicted molar refractivity (Wildman–Crippen MR) is 272 cm³/mol. The molecule has 9 rings (SSSR count). The van der Waals surface area contributed by atoms with Gasteiger partial charge in [-0.15, -0.1) is 22.7 Å². The van der Waals surface area contributed by atoms with Crippen molar-refractivity contribution in [3.05, 3.63) is 149 Å². The molecule has 22 nitrogen and oxygen atoms in total. The fraction of sp³-hybridized carbons (Fsp3) is 0.333. The Morgan fingerprint density at radius 2 is 1.24 bits per heavy atom. The summed E-state index contributed by atoms with van der Waals surface area (Å²) in [5, 5.41) is 31.3. The molecule has 390 valence electrons. The van der Waals surface area contributed by atoms with Crippen LogP contribution in [0.1, 0.15) is 67.7 Å². The average molecular weight is 1060 g/mol. The van der Waals surface area contributed by atoms with Gasteiger partial charge in [0.1, 0.15) is 46.5 Å². The van der Waals surface area contributed by atoms with Gasteiger partial charge in [0.05, 0.1) is 65.2 Å². The highest BCUT2D eigenvalue weighted by atomic mass is 32.1. The zero-order chi connectivity index (χ0) is 53.8. The average Bonchev–Trinajstić information content (AvgIpc) is 4.20. The van der Waals surface area contributed by atoms with E-state index in [-0.39, 0.29) is 64.2 Å². The smallest absolute Gasteiger partial charge is 0.410 e. The number of β-amino-alcohol motifs (C(OH)–C–C–N with tert-alkyl or cyclic N) is 1. The highest BCUT2D eigenvalue weighted by Crippen LogP contribution is 2.39. The number of ether oxygens (including phenoxy) is 2. The number of rotatable bonds is 18. The van der Waals surface area contributed by atoms with Crippen molar-refractivity contribution in [1.29, 1.82) is 0 Å². The molecule has 8 aromatic rings. The molecule has 0 aliphatic carbocycles. The fourth-order valence-corrected chi connectivity index (χ4v) is 11.6. The molecule has 1 saturated heterocycles. The van der Waals surface area contributed by atoms with Crippen LogP contribution in [0.2, 0.25) is 0 Å². The number of benzene rings is 2. The van der Waals surface area contributed by atoms with Gasteiger partial charge in [0.2, 0.25) is 11.8 Å². The number of nitrogens with zero attached hydrogens (tertiary/aromatic N) is 7. The van der Waals surface area contributed by atoms with Crippen molar-refractivity contribution < 1.29 is 52.8 Å². The number of hydrogen-bond acceptors (Lipinski definition) is 17. The van der Waals surface area contributed by atoms with Crippen molar-refractivity contribution in [2.45, 2.75) is 90.4 Å². The Kier molecular flexibility index (Phi) is 13.8. The highest BCUT2D eigenvalue weighted by Gasteiger charge is 2.42. The first-order chi connectivity index (χ1) is 35.6. The molecule has 24 heteroatoms. The van der Waals surface area contributed by atoms with E-state index in [0.29, 0.717) is 46.7 Å². The molecule has 3 N–H and O–H groups in total. The molecule has 1 amide bonds. The summed E-state index contributed by atoms with van der Waals surface area (Å²) in [6.07, 6.45) is 1.32. The van der Waals surface area contributed by atoms with Crippen LogP contribution in [0.15, 0.2) is 108 Å². The molecule has 1 unspecified atom stereocenters. The van der Waals surface area contributed by atoms with Crippen LogP contribution in [0.25, 0.3) is 42.0 Å². The third-order valence-corrected chi connectivity index (χ3v) is 15.9. The molecule has 0 spiro atoms. The number of carboxylic acids is 2. The van der Waals surface area contributed by atoms with Crippen LogP contribution >= 0.6 is 22.7 Å². The van der Waals surface area contributed by atoms with Crippen molar-refractivity contribution >= 4 is 66.9 Å². The highest BCUT2D eigenvalue weighted by molar-refractivity contribution is 7.22. The van der Waals surface area contributed by atoms with Crippen LogP contribution in [0, 0.1) is 13.8 Å². The second-order valence-corrected chi connectivity index (χ2v) is 20.9. The first-order valence-corrected chi connectivity index (χ1v) is 25.0. The number of carbonyl (C=O) groups is 4. The number of ketones is 1. The Balaban J connectivity index is 1.14. The molecule has 1 aliphatic rings. The monoisotopic (exact) mass is 1060 g/mol. The maximum atomic E-state index is 15.2. The zero-order valence-corrected chi connectivity index (χ0v) is 42.8. The number of aliphatic hydroxyl groups is 1. The summed E-state index contributed by atoms with van der Waals surface area (Å²) < 4.78 is 27.0. The second-order valence-electron chi connectivity index (χ2n) is 18.9. The van der Waals surface area contributed by atoms with Crippen LogP contribution < -0.4 is 22.5 Å². The van der Waals surface area contributed by atoms with E-state index in [1.165, 1.54) is 66.6 Å². The number of aliphatic carboxylic acids is 2. The summed E-state index contributed by atoms with van der Waals surface area (Å²) in [5.41, 5.74) is -6.17. The summed E-state index contributed by atoms with van der Waals surface area (Å²) in [6, 6.07) is 14.8. The number of thiophene rings is 2. The van der Waals surface area contributed by atoms with Gasteiger partial charge >= 0.3 is 29.4 Å². The van der Waals surface area contributed by atoms with Gasteiger partial charge < -0.3 is 38.5 Å². The lowest BCUT2D eigenvalue weighted by Crippen LogP contribution is -2.55. The van der Waals surface area contributed by atoms with E-state index in [1.54, 1.807) is 68.4 Å². The molecule has 1 aliphatic heterocycles. The number of amides is 1. The fourth-order valence-electron chi connectivity index (χ4n) is 9.10. The molecule has 7 heterocycles. The Morgan fingerprint density at radius 3 is 1.72 bits per heavy atom. The van der Waals surface area contributed by atoms with Crippen molar-refractivity contribution in [2.75, 3.05) is 19.7 Å². The van der Waals surface area contributed by atoms with Crippen molar-refractivity contribution in [3.63, 3.8) is 0 Å². The van der Waals surface area contributed by atoms with Gasteiger partial charge in [-0.3, -0.25) is 23.5 Å². The maximum Gasteiger partial charge on any atom is 0.410 e. The number of likely N-dealkylation sites (tertiary alicyclic amines) is 1. The molecule has 3 atom stereocenters. The predicted octanol–water partition coefficient (Wildman–Crippen LogP) is 5.45. The normalized spacial score (nSPS) is 14.7. The number of Topliss-reactive ketones (excluding diaryl/α,β-unsaturated/α-hetero) is 1. The Bertz CT molecular complexity index is 3770. The molecule has 0 saturated carbocycles. The molecule has 6 aromatic heterocycles. The molecule has 0 bridgehead atoms. The third-order valence-electron chi connectivity index (χ3n) is 13.3. The third kappa shape index (κ3) is 9.33. The maximum absolute atomic E-state index is 15.2. The van der Waals surface area contributed by atoms with Gasteiger partial charge in [-0.05, 0) is 69.4 Å². The van der Waals surface area contributed by atoms with E-state index in [0.717, 1.165) is 22.7 Å². The number of aryl methyl sites for hydroxylation is 2. The molecule has 0 radical (unpaired) electrons. The van der Waals surface area contributed by atoms with E-state index >= 15 is 4.79 Å². The lowest BCUT2D eigenvalue weighted by Gasteiger charge is -2.36. The summed E-state index contributed by atoms with van der Waals surface area (Å²) >= 11 is 2.04. The topological polar surface area (TPSA) is 291 Å². The summed E-state index contributed by atoms with van der Waals surface area (Å²) in [6.45, 7) is 7.16. The van der Waals surface area contributed by atoms with E-state index in [1.807, 2.05) is 0 Å². The van der Waals surface area contributed by atoms with Gasteiger partial charge in [-0.1, -0.05) is 54.6 Å². The number of aromatic nitrogens is 6. The summed E-state index contributed by atoms with van der Waals surface area (Å²) in [7, 11) is 0. The van der Waals surface area contributed by atoms with Crippen LogP contribution in [-0.2, 0) is 54.4 Å². The van der Waals surface area contributed by atoms with E-state index in [2.05, 4.69) is 9.97 Å². The van der Waals surface area contributed by atoms with Crippen molar-refractivity contribution in [2.24, 2.45) is 0 Å². The number of aliphatic hydroxyl groups excluding tert-OH is 1. The number of carboxylic acid groups (broad SMARTS) is 2. The number of fused-ring (bicyclic) bond motifs is 2. The Morgan fingerprint density at radius 1 is 0.733 bits per heavy atom. The molecular formula is C51H49N7O15S2. The first kappa shape index (κ1) is 51.8. The minimum absolute atomic E-state index is 0.000918. The SMILES string of the molecule is CC(=O)CO[C@@H](Cn1c(=O)n(C(C)(C)C(=O)O)c(=O)c2c(C)c(-c3ncco3)sc21)c1ccc(CC(C)(C(=O)O)n2c(=O)c3c(C)c(-c4ncco4)sc3n(C[C@H](OC(=O)N3CC(O)C3)c3ccccc3)c2=O)cc1. The lowest BCUT2D eigenvalue weighted by atomic mass is 9.91. The largest absolute Gasteiger partial charge is 0.480 e. The molecule has 1 fully saturated rings. The van der Waals surface area contributed by atoms with Gasteiger partial charge in [-0.25, -0.2) is 43.1 Å². The van der Waals surface area contributed by atoms with E-state index in [4.69, 9.17) is 18.3 Å². The van der Waals surface area contributed by atoms with Gasteiger partial charge in [-0.2, -0.15) is 0 Å². The number of oxazole rings is 2. The number of hydrogen-bond donors (Lipinski definition) is 3. The van der Waals surface area contributed by atoms with Gasteiger partial charge in [0, 0.05) is 6.42 Å². The summed E-state index contributed by atoms with van der Waals surface area (Å²) in [5.74, 6) is -3.05. The van der Waals surface area contributed by atoms with Crippen LogP contribution in [-0.4, -0.2) is 98.1 Å². The second kappa shape index (κ2) is 20.0. The minimum Gasteiger partial charge on any atom is -0.480 e. The zero-order valence-electron chi connectivity index (χ0n) is 41.2. The van der Waals surface area contributed by atoms with Crippen LogP contribution in [0.4, 0.5) is 4.79 Å². The van der Waals surface area contributed by atoms with Crippen LogP contribution in [0.3, 0.4) is 0 Å². The van der Waals surface area contributed by atoms with Crippen molar-refractivity contribution in [1.82, 2.24) is 33.1 Å². The minimum atomic E-state index is -2.29. The van der Waals surface area contributed by atoms with Gasteiger partial charge in [0.15, 0.2) is 11.3 Å². The molecule has 75 heavy (non-hydrogen) atoms. The van der Waals surface area contributed by atoms with E-state index < -0.39 is 82.9 Å². The number of carbonyl (C=O) groups excluding carboxylic acids is 2. The quantitative estimate of drug-likeness (QED) is 0.0962. The van der Waals surface area contributed by atoms with Crippen LogP contribution in [0.5, 0.6) is 0 Å². The molecular weight excluding hydrogens is 1010 g/mol.